The van der Waals surface area contributed by atoms with Gasteiger partial charge >= 0.3 is 5.63 Å². The molecule has 2 nitrogen and oxygen atoms in total. The van der Waals surface area contributed by atoms with Crippen molar-refractivity contribution in [1.29, 1.82) is 0 Å². The molecule has 2 rings (SSSR count). The van der Waals surface area contributed by atoms with Gasteiger partial charge in [-0.3, -0.25) is 0 Å². The van der Waals surface area contributed by atoms with Crippen LogP contribution >= 0.6 is 0 Å². The second kappa shape index (κ2) is 2.73. The molecule has 0 aliphatic rings. The van der Waals surface area contributed by atoms with Gasteiger partial charge in [0.1, 0.15) is 5.58 Å². The minimum absolute atomic E-state index is 0.240. The van der Waals surface area contributed by atoms with E-state index < -0.39 is 0 Å². The Labute approximate surface area is 75.8 Å². The van der Waals surface area contributed by atoms with Crippen molar-refractivity contribution in [1.82, 2.24) is 0 Å². The second-order valence-corrected chi connectivity index (χ2v) is 3.14. The zero-order chi connectivity index (χ0) is 9.42. The largest absolute Gasteiger partial charge is 0.423 e. The second-order valence-electron chi connectivity index (χ2n) is 3.14. The van der Waals surface area contributed by atoms with E-state index in [1.165, 1.54) is 0 Å². The minimum atomic E-state index is -0.240. The molecule has 0 atom stereocenters. The fourth-order valence-corrected chi connectivity index (χ4v) is 1.40. The molecule has 13 heavy (non-hydrogen) atoms. The summed E-state index contributed by atoms with van der Waals surface area (Å²) >= 11 is 0. The van der Waals surface area contributed by atoms with Crippen LogP contribution in [0.15, 0.2) is 33.5 Å². The zero-order valence-corrected chi connectivity index (χ0v) is 7.63. The van der Waals surface area contributed by atoms with Crippen LogP contribution < -0.4 is 5.63 Å². The summed E-state index contributed by atoms with van der Waals surface area (Å²) < 4.78 is 5.12. The molecule has 0 N–H and O–H groups in total. The van der Waals surface area contributed by atoms with E-state index in [1.54, 1.807) is 6.92 Å². The molecule has 1 aromatic carbocycles. The van der Waals surface area contributed by atoms with E-state index in [0.717, 1.165) is 10.9 Å². The first kappa shape index (κ1) is 8.05. The van der Waals surface area contributed by atoms with E-state index in [-0.39, 0.29) is 5.63 Å². The molecule has 0 fully saturated rings. The molecule has 0 saturated carbocycles. The molecule has 2 heteroatoms. The molecule has 66 valence electrons. The Morgan fingerprint density at radius 3 is 2.54 bits per heavy atom. The molecule has 0 saturated heterocycles. The van der Waals surface area contributed by atoms with Crippen LogP contribution in [0.1, 0.15) is 11.1 Å². The van der Waals surface area contributed by atoms with Crippen molar-refractivity contribution in [3.63, 3.8) is 0 Å². The summed E-state index contributed by atoms with van der Waals surface area (Å²) in [6.07, 6.45) is 0. The van der Waals surface area contributed by atoms with Crippen molar-refractivity contribution in [2.45, 2.75) is 13.8 Å². The molecule has 0 unspecified atom stereocenters. The highest BCUT2D eigenvalue weighted by molar-refractivity contribution is 5.80. The number of benzene rings is 1. The van der Waals surface area contributed by atoms with Crippen LogP contribution in [-0.2, 0) is 0 Å². The minimum Gasteiger partial charge on any atom is -0.423 e. The summed E-state index contributed by atoms with van der Waals surface area (Å²) in [4.78, 5) is 11.3. The molecular weight excluding hydrogens is 164 g/mol. The molecule has 2 aromatic rings. The number of aryl methyl sites for hydroxylation is 1. The van der Waals surface area contributed by atoms with Crippen LogP contribution in [-0.4, -0.2) is 0 Å². The first-order chi connectivity index (χ1) is 6.20. The predicted molar refractivity (Wildman–Crippen MR) is 52.0 cm³/mol. The van der Waals surface area contributed by atoms with Gasteiger partial charge < -0.3 is 4.42 Å². The zero-order valence-electron chi connectivity index (χ0n) is 7.63. The molecule has 1 heterocycles. The van der Waals surface area contributed by atoms with Gasteiger partial charge in [0.25, 0.3) is 0 Å². The SMILES string of the molecule is Cc1c(C)c2ccccc2oc1=O. The molecule has 0 bridgehead atoms. The first-order valence-corrected chi connectivity index (χ1v) is 4.19. The number of rotatable bonds is 0. The Balaban J connectivity index is 3.02. The lowest BCUT2D eigenvalue weighted by molar-refractivity contribution is 0.553. The highest BCUT2D eigenvalue weighted by atomic mass is 16.4. The Morgan fingerprint density at radius 1 is 1.08 bits per heavy atom. The van der Waals surface area contributed by atoms with Crippen LogP contribution in [0.5, 0.6) is 0 Å². The Bertz CT molecular complexity index is 509. The smallest absolute Gasteiger partial charge is 0.339 e. The van der Waals surface area contributed by atoms with Crippen molar-refractivity contribution in [3.05, 3.63) is 45.8 Å². The molecule has 0 spiro atoms. The maximum absolute atomic E-state index is 11.3. The third-order valence-corrected chi connectivity index (χ3v) is 2.36. The van der Waals surface area contributed by atoms with Gasteiger partial charge in [-0.25, -0.2) is 4.79 Å². The Kier molecular flexibility index (Phi) is 1.69. The van der Waals surface area contributed by atoms with E-state index in [0.29, 0.717) is 11.1 Å². The lowest BCUT2D eigenvalue weighted by Gasteiger charge is -2.02. The van der Waals surface area contributed by atoms with Crippen molar-refractivity contribution >= 4 is 11.0 Å². The molecule has 0 aliphatic carbocycles. The van der Waals surface area contributed by atoms with Gasteiger partial charge in [0.05, 0.1) is 0 Å². The quantitative estimate of drug-likeness (QED) is 0.574. The maximum Gasteiger partial charge on any atom is 0.339 e. The summed E-state index contributed by atoms with van der Waals surface area (Å²) in [5.41, 5.74) is 2.12. The van der Waals surface area contributed by atoms with Crippen LogP contribution in [0.25, 0.3) is 11.0 Å². The molecule has 0 aliphatic heterocycles. The van der Waals surface area contributed by atoms with Gasteiger partial charge in [0, 0.05) is 10.9 Å². The molecule has 0 amide bonds. The number of hydrogen-bond donors (Lipinski definition) is 0. The lowest BCUT2D eigenvalue weighted by Crippen LogP contribution is -2.05. The number of fused-ring (bicyclic) bond motifs is 1. The van der Waals surface area contributed by atoms with Gasteiger partial charge in [0.2, 0.25) is 0 Å². The van der Waals surface area contributed by atoms with Crippen LogP contribution in [0.3, 0.4) is 0 Å². The Morgan fingerprint density at radius 2 is 1.77 bits per heavy atom. The first-order valence-electron chi connectivity index (χ1n) is 4.19. The fourth-order valence-electron chi connectivity index (χ4n) is 1.40. The normalized spacial score (nSPS) is 10.6. The van der Waals surface area contributed by atoms with Crippen molar-refractivity contribution < 1.29 is 4.42 Å². The van der Waals surface area contributed by atoms with Gasteiger partial charge in [-0.1, -0.05) is 18.2 Å². The van der Waals surface area contributed by atoms with E-state index >= 15 is 0 Å². The van der Waals surface area contributed by atoms with Crippen molar-refractivity contribution in [3.8, 4) is 0 Å². The van der Waals surface area contributed by atoms with E-state index in [1.807, 2.05) is 31.2 Å². The highest BCUT2D eigenvalue weighted by Gasteiger charge is 2.05. The number of hydrogen-bond acceptors (Lipinski definition) is 2. The highest BCUT2D eigenvalue weighted by Crippen LogP contribution is 2.17. The van der Waals surface area contributed by atoms with Crippen LogP contribution in [0.2, 0.25) is 0 Å². The van der Waals surface area contributed by atoms with Gasteiger partial charge in [0.15, 0.2) is 0 Å². The van der Waals surface area contributed by atoms with E-state index in [4.69, 9.17) is 4.42 Å². The van der Waals surface area contributed by atoms with Gasteiger partial charge in [-0.15, -0.1) is 0 Å². The molecule has 1 aromatic heterocycles. The summed E-state index contributed by atoms with van der Waals surface area (Å²) in [7, 11) is 0. The topological polar surface area (TPSA) is 30.2 Å². The van der Waals surface area contributed by atoms with Crippen LogP contribution in [0, 0.1) is 13.8 Å². The average Bonchev–Trinajstić information content (AvgIpc) is 2.15. The standard InChI is InChI=1S/C11H10O2/c1-7-8(2)11(12)13-10-6-4-3-5-9(7)10/h3-6H,1-2H3. The summed E-state index contributed by atoms with van der Waals surface area (Å²) in [6, 6.07) is 7.57. The van der Waals surface area contributed by atoms with Gasteiger partial charge in [-0.2, -0.15) is 0 Å². The third-order valence-electron chi connectivity index (χ3n) is 2.36. The van der Waals surface area contributed by atoms with E-state index in [2.05, 4.69) is 0 Å². The van der Waals surface area contributed by atoms with Crippen LogP contribution in [0.4, 0.5) is 0 Å². The Hall–Kier alpha value is -1.57. The maximum atomic E-state index is 11.3. The predicted octanol–water partition coefficient (Wildman–Crippen LogP) is 2.41. The van der Waals surface area contributed by atoms with Crippen molar-refractivity contribution in [2.75, 3.05) is 0 Å². The monoisotopic (exact) mass is 174 g/mol. The summed E-state index contributed by atoms with van der Waals surface area (Å²) in [5.74, 6) is 0. The van der Waals surface area contributed by atoms with Gasteiger partial charge in [-0.05, 0) is 25.5 Å². The molecular formula is C11H10O2. The average molecular weight is 174 g/mol. The molecule has 0 radical (unpaired) electrons. The third kappa shape index (κ3) is 1.15. The summed E-state index contributed by atoms with van der Waals surface area (Å²) in [6.45, 7) is 3.72. The lowest BCUT2D eigenvalue weighted by atomic mass is 10.1. The number of para-hydroxylation sites is 1. The summed E-state index contributed by atoms with van der Waals surface area (Å²) in [5, 5.41) is 1.01. The van der Waals surface area contributed by atoms with Crippen molar-refractivity contribution in [2.24, 2.45) is 0 Å². The van der Waals surface area contributed by atoms with E-state index in [9.17, 15) is 4.79 Å². The fraction of sp³-hybridized carbons (Fsp3) is 0.182.